The van der Waals surface area contributed by atoms with E-state index in [1.54, 1.807) is 14.2 Å². The Morgan fingerprint density at radius 2 is 1.71 bits per heavy atom. The summed E-state index contributed by atoms with van der Waals surface area (Å²) in [7, 11) is 3.40. The summed E-state index contributed by atoms with van der Waals surface area (Å²) in [4.78, 5) is 3.53. The molecular weight excluding hydrogens is 370 g/mol. The van der Waals surface area contributed by atoms with Gasteiger partial charge in [0.05, 0.1) is 14.2 Å². The second-order valence-electron chi connectivity index (χ2n) is 7.16. The van der Waals surface area contributed by atoms with Crippen LogP contribution >= 0.6 is 11.6 Å². The zero-order valence-electron chi connectivity index (χ0n) is 16.0. The van der Waals surface area contributed by atoms with Gasteiger partial charge in [0.2, 0.25) is 0 Å². The lowest BCUT2D eigenvalue weighted by Gasteiger charge is -2.18. The normalized spacial score (nSPS) is 14.8. The van der Waals surface area contributed by atoms with Gasteiger partial charge in [0.1, 0.15) is 11.5 Å². The van der Waals surface area contributed by atoms with Gasteiger partial charge in [-0.05, 0) is 53.4 Å². The topological polar surface area (TPSA) is 34.2 Å². The number of halogens is 1. The molecule has 0 bridgehead atoms. The molecule has 0 amide bonds. The largest absolute Gasteiger partial charge is 0.497 e. The van der Waals surface area contributed by atoms with Crippen LogP contribution in [0.15, 0.2) is 54.6 Å². The molecule has 1 N–H and O–H groups in total. The second kappa shape index (κ2) is 6.32. The van der Waals surface area contributed by atoms with Crippen molar-refractivity contribution in [2.24, 2.45) is 0 Å². The highest BCUT2D eigenvalue weighted by Crippen LogP contribution is 2.54. The predicted molar refractivity (Wildman–Crippen MR) is 114 cm³/mol. The number of aromatic amines is 1. The molecule has 3 nitrogen and oxygen atoms in total. The first kappa shape index (κ1) is 17.2. The number of rotatable bonds is 3. The van der Waals surface area contributed by atoms with Gasteiger partial charge < -0.3 is 14.5 Å². The molecule has 0 saturated heterocycles. The van der Waals surface area contributed by atoms with Gasteiger partial charge in [-0.2, -0.15) is 0 Å². The highest BCUT2D eigenvalue weighted by atomic mass is 35.5. The summed E-state index contributed by atoms with van der Waals surface area (Å²) in [5, 5.41) is 1.89. The predicted octanol–water partition coefficient (Wildman–Crippen LogP) is 6.31. The fourth-order valence-electron chi connectivity index (χ4n) is 4.55. The number of ether oxygens (including phenoxy) is 2. The maximum Gasteiger partial charge on any atom is 0.127 e. The summed E-state index contributed by atoms with van der Waals surface area (Å²) in [6, 6.07) is 18.6. The Morgan fingerprint density at radius 1 is 0.893 bits per heavy atom. The van der Waals surface area contributed by atoms with E-state index in [0.29, 0.717) is 0 Å². The molecular formula is C24H20ClNO2. The molecule has 140 valence electrons. The monoisotopic (exact) mass is 389 g/mol. The van der Waals surface area contributed by atoms with Crippen molar-refractivity contribution in [2.45, 2.75) is 12.8 Å². The number of nitrogens with one attached hydrogen (secondary N) is 1. The molecule has 0 saturated carbocycles. The Labute approximate surface area is 168 Å². The van der Waals surface area contributed by atoms with E-state index in [1.807, 2.05) is 24.3 Å². The minimum atomic E-state index is 0.0688. The number of methoxy groups -OCH3 is 2. The van der Waals surface area contributed by atoms with Gasteiger partial charge in [0.15, 0.2) is 0 Å². The SMILES string of the molecule is COc1cc(OC)c2c(c1)-c1ccccc1[C@H]2c1c(C)[nH]c2ccc(Cl)cc12. The maximum atomic E-state index is 6.35. The molecule has 5 rings (SSSR count). The number of fused-ring (bicyclic) bond motifs is 4. The van der Waals surface area contributed by atoms with Crippen LogP contribution in [-0.2, 0) is 0 Å². The minimum absolute atomic E-state index is 0.0688. The van der Waals surface area contributed by atoms with Crippen LogP contribution in [0.2, 0.25) is 5.02 Å². The van der Waals surface area contributed by atoms with Crippen molar-refractivity contribution in [2.75, 3.05) is 14.2 Å². The third-order valence-electron chi connectivity index (χ3n) is 5.71. The summed E-state index contributed by atoms with van der Waals surface area (Å²) in [6.45, 7) is 2.12. The summed E-state index contributed by atoms with van der Waals surface area (Å²) < 4.78 is 11.3. The van der Waals surface area contributed by atoms with Gasteiger partial charge >= 0.3 is 0 Å². The Bertz CT molecular complexity index is 1220. The van der Waals surface area contributed by atoms with Crippen LogP contribution in [0, 0.1) is 6.92 Å². The number of hydrogen-bond donors (Lipinski definition) is 1. The van der Waals surface area contributed by atoms with Crippen molar-refractivity contribution >= 4 is 22.5 Å². The Morgan fingerprint density at radius 3 is 2.50 bits per heavy atom. The van der Waals surface area contributed by atoms with Gasteiger partial charge in [-0.25, -0.2) is 0 Å². The van der Waals surface area contributed by atoms with Crippen molar-refractivity contribution in [3.05, 3.63) is 82.0 Å². The summed E-state index contributed by atoms with van der Waals surface area (Å²) in [5.74, 6) is 1.70. The van der Waals surface area contributed by atoms with Crippen LogP contribution in [0.25, 0.3) is 22.0 Å². The van der Waals surface area contributed by atoms with Gasteiger partial charge in [0, 0.05) is 39.2 Å². The molecule has 4 heteroatoms. The molecule has 28 heavy (non-hydrogen) atoms. The van der Waals surface area contributed by atoms with E-state index in [4.69, 9.17) is 21.1 Å². The van der Waals surface area contributed by atoms with E-state index in [2.05, 4.69) is 42.2 Å². The Hall–Kier alpha value is -2.91. The van der Waals surface area contributed by atoms with Crippen molar-refractivity contribution < 1.29 is 9.47 Å². The molecule has 1 aliphatic rings. The first-order valence-electron chi connectivity index (χ1n) is 9.25. The third kappa shape index (κ3) is 2.36. The quantitative estimate of drug-likeness (QED) is 0.392. The first-order valence-corrected chi connectivity index (χ1v) is 9.63. The molecule has 1 aromatic heterocycles. The third-order valence-corrected chi connectivity index (χ3v) is 5.94. The molecule has 1 aliphatic carbocycles. The molecule has 0 spiro atoms. The fourth-order valence-corrected chi connectivity index (χ4v) is 4.72. The second-order valence-corrected chi connectivity index (χ2v) is 7.60. The zero-order chi connectivity index (χ0) is 19.4. The van der Waals surface area contributed by atoms with E-state index in [9.17, 15) is 0 Å². The van der Waals surface area contributed by atoms with Crippen molar-refractivity contribution in [1.82, 2.24) is 4.98 Å². The molecule has 1 atom stereocenters. The van der Waals surface area contributed by atoms with Crippen molar-refractivity contribution in [1.29, 1.82) is 0 Å². The smallest absolute Gasteiger partial charge is 0.127 e. The maximum absolute atomic E-state index is 6.35. The Kier molecular flexibility index (Phi) is 3.88. The number of H-pyrrole nitrogens is 1. The van der Waals surface area contributed by atoms with Crippen LogP contribution in [0.3, 0.4) is 0 Å². The fraction of sp³-hybridized carbons (Fsp3) is 0.167. The standard InChI is InChI=1S/C24H20ClNO2/c1-13-22(19-10-14(25)8-9-20(19)26-13)24-17-7-5-4-6-16(17)18-11-15(27-2)12-21(28-3)23(18)24/h4-12,24,26H,1-3H3/t24-/m0/s1. The van der Waals surface area contributed by atoms with Crippen molar-refractivity contribution in [3.63, 3.8) is 0 Å². The van der Waals surface area contributed by atoms with Gasteiger partial charge in [-0.3, -0.25) is 0 Å². The summed E-state index contributed by atoms with van der Waals surface area (Å²) in [6.07, 6.45) is 0. The molecule has 0 unspecified atom stereocenters. The Balaban J connectivity index is 1.88. The van der Waals surface area contributed by atoms with Crippen LogP contribution in [0.5, 0.6) is 11.5 Å². The molecule has 1 heterocycles. The minimum Gasteiger partial charge on any atom is -0.497 e. The van der Waals surface area contributed by atoms with E-state index in [0.717, 1.165) is 38.7 Å². The van der Waals surface area contributed by atoms with Crippen LogP contribution in [0.4, 0.5) is 0 Å². The van der Waals surface area contributed by atoms with Crippen molar-refractivity contribution in [3.8, 4) is 22.6 Å². The van der Waals surface area contributed by atoms with E-state index >= 15 is 0 Å². The lowest BCUT2D eigenvalue weighted by atomic mass is 9.87. The van der Waals surface area contributed by atoms with Crippen LogP contribution in [0.1, 0.15) is 28.3 Å². The zero-order valence-corrected chi connectivity index (χ0v) is 16.7. The molecule has 0 fully saturated rings. The first-order chi connectivity index (χ1) is 13.6. The molecule has 0 aliphatic heterocycles. The molecule has 3 aromatic carbocycles. The highest BCUT2D eigenvalue weighted by Gasteiger charge is 2.35. The van der Waals surface area contributed by atoms with Gasteiger partial charge in [-0.1, -0.05) is 35.9 Å². The average Bonchev–Trinajstić information content (AvgIpc) is 3.20. The summed E-state index contributed by atoms with van der Waals surface area (Å²) >= 11 is 6.35. The number of aromatic nitrogens is 1. The number of hydrogen-bond acceptors (Lipinski definition) is 2. The number of benzene rings is 3. The van der Waals surface area contributed by atoms with Gasteiger partial charge in [0.25, 0.3) is 0 Å². The lowest BCUT2D eigenvalue weighted by molar-refractivity contribution is 0.391. The molecule has 4 aromatic rings. The lowest BCUT2D eigenvalue weighted by Crippen LogP contribution is -2.03. The van der Waals surface area contributed by atoms with Crippen LogP contribution < -0.4 is 9.47 Å². The number of aryl methyl sites for hydroxylation is 1. The molecule has 0 radical (unpaired) electrons. The highest BCUT2D eigenvalue weighted by molar-refractivity contribution is 6.31. The van der Waals surface area contributed by atoms with E-state index < -0.39 is 0 Å². The van der Waals surface area contributed by atoms with Gasteiger partial charge in [-0.15, -0.1) is 0 Å². The average molecular weight is 390 g/mol. The van der Waals surface area contributed by atoms with E-state index in [-0.39, 0.29) is 5.92 Å². The van der Waals surface area contributed by atoms with E-state index in [1.165, 1.54) is 22.3 Å². The summed E-state index contributed by atoms with van der Waals surface area (Å²) in [5.41, 5.74) is 8.30. The van der Waals surface area contributed by atoms with Crippen LogP contribution in [-0.4, -0.2) is 19.2 Å².